The Kier molecular flexibility index (Phi) is 3.00. The number of halogens is 2. The van der Waals surface area contributed by atoms with Gasteiger partial charge in [-0.15, -0.1) is 0 Å². The zero-order chi connectivity index (χ0) is 14.6. The van der Waals surface area contributed by atoms with E-state index in [1.165, 1.54) is 29.3 Å². The highest BCUT2D eigenvalue weighted by Crippen LogP contribution is 2.50. The second-order valence-corrected chi connectivity index (χ2v) is 6.48. The molecular weight excluding hydrogens is 268 g/mol. The normalized spacial score (nSPS) is 34.2. The van der Waals surface area contributed by atoms with Crippen molar-refractivity contribution in [3.05, 3.63) is 58.7 Å². The number of benzene rings is 1. The number of nitrogens with one attached hydrogen (secondary N) is 1. The van der Waals surface area contributed by atoms with Crippen LogP contribution in [0.5, 0.6) is 0 Å². The van der Waals surface area contributed by atoms with E-state index in [2.05, 4.69) is 24.4 Å². The first-order chi connectivity index (χ1) is 10.2. The van der Waals surface area contributed by atoms with E-state index >= 15 is 0 Å². The number of allylic oxidation sites excluding steroid dienone is 3. The molecule has 2 aliphatic carbocycles. The highest BCUT2D eigenvalue weighted by molar-refractivity contribution is 5.48. The Morgan fingerprint density at radius 2 is 1.86 bits per heavy atom. The van der Waals surface area contributed by atoms with E-state index in [0.717, 1.165) is 13.1 Å². The summed E-state index contributed by atoms with van der Waals surface area (Å²) in [5.74, 6) is 0.691. The maximum absolute atomic E-state index is 14.0. The summed E-state index contributed by atoms with van der Waals surface area (Å²) in [6.45, 7) is 4.32. The molecule has 0 bridgehead atoms. The van der Waals surface area contributed by atoms with Gasteiger partial charge in [0.25, 0.3) is 0 Å². The van der Waals surface area contributed by atoms with E-state index in [4.69, 9.17) is 0 Å². The van der Waals surface area contributed by atoms with Crippen molar-refractivity contribution in [2.24, 2.45) is 17.8 Å². The van der Waals surface area contributed by atoms with Crippen LogP contribution in [0, 0.1) is 29.4 Å². The average molecular weight is 287 g/mol. The van der Waals surface area contributed by atoms with E-state index in [-0.39, 0.29) is 11.5 Å². The lowest BCUT2D eigenvalue weighted by Gasteiger charge is -2.22. The fourth-order valence-corrected chi connectivity index (χ4v) is 4.40. The van der Waals surface area contributed by atoms with E-state index in [1.807, 2.05) is 0 Å². The van der Waals surface area contributed by atoms with Crippen molar-refractivity contribution >= 4 is 0 Å². The maximum atomic E-state index is 14.0. The van der Waals surface area contributed by atoms with Gasteiger partial charge in [-0.25, -0.2) is 8.78 Å². The van der Waals surface area contributed by atoms with Crippen LogP contribution in [0.3, 0.4) is 0 Å². The molecule has 3 heteroatoms. The fourth-order valence-electron chi connectivity index (χ4n) is 4.40. The van der Waals surface area contributed by atoms with Gasteiger partial charge in [-0.1, -0.05) is 25.1 Å². The van der Waals surface area contributed by atoms with Gasteiger partial charge >= 0.3 is 0 Å². The highest BCUT2D eigenvalue weighted by Gasteiger charge is 2.44. The quantitative estimate of drug-likeness (QED) is 0.828. The first kappa shape index (κ1) is 13.2. The lowest BCUT2D eigenvalue weighted by atomic mass is 9.83. The molecule has 1 nitrogen and oxygen atoms in total. The van der Waals surface area contributed by atoms with Crippen LogP contribution in [0.15, 0.2) is 41.5 Å². The Balaban J connectivity index is 1.75. The highest BCUT2D eigenvalue weighted by atomic mass is 19.1. The minimum absolute atomic E-state index is 0.170. The van der Waals surface area contributed by atoms with Crippen molar-refractivity contribution in [3.63, 3.8) is 0 Å². The molecule has 3 aliphatic rings. The van der Waals surface area contributed by atoms with Crippen LogP contribution < -0.4 is 5.32 Å². The van der Waals surface area contributed by atoms with Crippen molar-refractivity contribution in [2.45, 2.75) is 19.3 Å². The lowest BCUT2D eigenvalue weighted by Crippen LogP contribution is -2.15. The Morgan fingerprint density at radius 1 is 1.10 bits per heavy atom. The van der Waals surface area contributed by atoms with Crippen molar-refractivity contribution in [1.82, 2.24) is 5.32 Å². The molecule has 1 heterocycles. The van der Waals surface area contributed by atoms with Crippen LogP contribution in [-0.4, -0.2) is 13.1 Å². The first-order valence-electron chi connectivity index (χ1n) is 7.73. The van der Waals surface area contributed by atoms with Crippen LogP contribution in [-0.2, 0) is 0 Å². The van der Waals surface area contributed by atoms with Gasteiger partial charge in [0.15, 0.2) is 0 Å². The molecular formula is C18H19F2N. The average Bonchev–Trinajstić information content (AvgIpc) is 3.03. The predicted molar refractivity (Wildman–Crippen MR) is 78.9 cm³/mol. The Morgan fingerprint density at radius 3 is 2.62 bits per heavy atom. The van der Waals surface area contributed by atoms with E-state index in [1.54, 1.807) is 0 Å². The van der Waals surface area contributed by atoms with Gasteiger partial charge in [-0.2, -0.15) is 0 Å². The molecule has 1 aliphatic heterocycles. The van der Waals surface area contributed by atoms with Crippen molar-refractivity contribution in [3.8, 4) is 0 Å². The zero-order valence-corrected chi connectivity index (χ0v) is 12.1. The smallest absolute Gasteiger partial charge is 0.129 e. The van der Waals surface area contributed by atoms with Gasteiger partial charge in [-0.3, -0.25) is 0 Å². The van der Waals surface area contributed by atoms with Crippen LogP contribution in [0.25, 0.3) is 0 Å². The Labute approximate surface area is 123 Å². The van der Waals surface area contributed by atoms with Crippen LogP contribution in [0.4, 0.5) is 8.78 Å². The lowest BCUT2D eigenvalue weighted by molar-refractivity contribution is 0.433. The fraction of sp³-hybridized carbons (Fsp3) is 0.444. The molecule has 4 unspecified atom stereocenters. The molecule has 1 N–H and O–H groups in total. The zero-order valence-electron chi connectivity index (χ0n) is 12.1. The van der Waals surface area contributed by atoms with Gasteiger partial charge < -0.3 is 5.32 Å². The third-order valence-corrected chi connectivity index (χ3v) is 5.47. The van der Waals surface area contributed by atoms with Gasteiger partial charge in [-0.05, 0) is 48.1 Å². The first-order valence-corrected chi connectivity index (χ1v) is 7.73. The molecule has 1 saturated heterocycles. The third-order valence-electron chi connectivity index (χ3n) is 5.47. The van der Waals surface area contributed by atoms with E-state index < -0.39 is 11.6 Å². The van der Waals surface area contributed by atoms with Crippen molar-refractivity contribution in [2.75, 3.05) is 13.1 Å². The van der Waals surface area contributed by atoms with Crippen LogP contribution in [0.1, 0.15) is 24.8 Å². The van der Waals surface area contributed by atoms with Crippen LogP contribution >= 0.6 is 0 Å². The Bertz CT molecular complexity index is 626. The van der Waals surface area contributed by atoms with Crippen LogP contribution in [0.2, 0.25) is 0 Å². The number of hydrogen-bond acceptors (Lipinski definition) is 1. The van der Waals surface area contributed by atoms with E-state index in [9.17, 15) is 8.78 Å². The standard InChI is InChI=1S/C18H19F2N/c1-10-12-6-5-11(18-16(19)3-2-4-17(18)20)7-13(12)15-9-21-8-14(10)15/h2-4,6-7,10-11,14-15,21H,5,8-9H2,1H3. The molecule has 1 aromatic rings. The molecule has 0 amide bonds. The number of rotatable bonds is 1. The van der Waals surface area contributed by atoms with Gasteiger partial charge in [0, 0.05) is 23.9 Å². The summed E-state index contributed by atoms with van der Waals surface area (Å²) < 4.78 is 28.0. The summed E-state index contributed by atoms with van der Waals surface area (Å²) in [4.78, 5) is 0. The second-order valence-electron chi connectivity index (χ2n) is 6.48. The molecule has 1 saturated carbocycles. The summed E-state index contributed by atoms with van der Waals surface area (Å²) in [6, 6.07) is 4.14. The summed E-state index contributed by atoms with van der Waals surface area (Å²) in [5, 5.41) is 3.45. The SMILES string of the molecule is CC1C2=CCC(c3c(F)cccc3F)C=C2C2CNCC12. The molecule has 4 rings (SSSR count). The molecule has 0 radical (unpaired) electrons. The number of fused-ring (bicyclic) bond motifs is 3. The van der Waals surface area contributed by atoms with Gasteiger partial charge in [0.1, 0.15) is 11.6 Å². The predicted octanol–water partition coefficient (Wildman–Crippen LogP) is 3.79. The molecule has 2 fully saturated rings. The molecule has 110 valence electrons. The molecule has 1 aromatic carbocycles. The molecule has 21 heavy (non-hydrogen) atoms. The number of hydrogen-bond donors (Lipinski definition) is 1. The summed E-state index contributed by atoms with van der Waals surface area (Å²) in [6.07, 6.45) is 5.05. The van der Waals surface area contributed by atoms with Gasteiger partial charge in [0.2, 0.25) is 0 Å². The van der Waals surface area contributed by atoms with Gasteiger partial charge in [0.05, 0.1) is 0 Å². The minimum Gasteiger partial charge on any atom is -0.316 e. The third kappa shape index (κ3) is 1.90. The minimum atomic E-state index is -0.430. The topological polar surface area (TPSA) is 12.0 Å². The summed E-state index contributed by atoms with van der Waals surface area (Å²) in [5.41, 5.74) is 2.97. The van der Waals surface area contributed by atoms with Crippen molar-refractivity contribution in [1.29, 1.82) is 0 Å². The van der Waals surface area contributed by atoms with Crippen molar-refractivity contribution < 1.29 is 8.78 Å². The molecule has 4 atom stereocenters. The summed E-state index contributed by atoms with van der Waals surface area (Å²) >= 11 is 0. The largest absolute Gasteiger partial charge is 0.316 e. The Hall–Kier alpha value is -1.48. The second kappa shape index (κ2) is 4.77. The molecule has 0 spiro atoms. The summed E-state index contributed by atoms with van der Waals surface area (Å²) in [7, 11) is 0. The molecule has 0 aromatic heterocycles. The monoisotopic (exact) mass is 287 g/mol. The maximum Gasteiger partial charge on any atom is 0.129 e. The van der Waals surface area contributed by atoms with E-state index in [0.29, 0.717) is 24.2 Å².